The van der Waals surface area contributed by atoms with Crippen molar-refractivity contribution in [3.8, 4) is 0 Å². The van der Waals surface area contributed by atoms with Gasteiger partial charge < -0.3 is 5.11 Å². The fourth-order valence-electron chi connectivity index (χ4n) is 2.78. The van der Waals surface area contributed by atoms with Crippen molar-refractivity contribution in [2.45, 2.75) is 38.5 Å². The standard InChI is InChI=1S/C14H18F2O/c15-12-5-4-11(8-13(12)16)9-14(10-17)6-2-1-3-7-14/h4-5,8,17H,1-3,6-7,9-10H2. The Hall–Kier alpha value is -0.960. The Bertz CT molecular complexity index is 384. The summed E-state index contributed by atoms with van der Waals surface area (Å²) in [5, 5.41) is 9.56. The molecule has 0 aliphatic heterocycles. The van der Waals surface area contributed by atoms with E-state index in [9.17, 15) is 13.9 Å². The smallest absolute Gasteiger partial charge is 0.159 e. The van der Waals surface area contributed by atoms with E-state index >= 15 is 0 Å². The van der Waals surface area contributed by atoms with E-state index in [2.05, 4.69) is 0 Å². The summed E-state index contributed by atoms with van der Waals surface area (Å²) in [4.78, 5) is 0. The van der Waals surface area contributed by atoms with E-state index in [0.717, 1.165) is 31.2 Å². The van der Waals surface area contributed by atoms with Crippen LogP contribution in [0.3, 0.4) is 0 Å². The molecule has 1 aromatic rings. The highest BCUT2D eigenvalue weighted by atomic mass is 19.2. The summed E-state index contributed by atoms with van der Waals surface area (Å²) < 4.78 is 26.0. The molecule has 0 saturated heterocycles. The van der Waals surface area contributed by atoms with Gasteiger partial charge in [0.15, 0.2) is 11.6 Å². The molecule has 1 nitrogen and oxygen atoms in total. The molecule has 0 amide bonds. The van der Waals surface area contributed by atoms with Crippen molar-refractivity contribution in [1.82, 2.24) is 0 Å². The lowest BCUT2D eigenvalue weighted by Crippen LogP contribution is -2.30. The zero-order chi connectivity index (χ0) is 12.3. The Morgan fingerprint density at radius 3 is 2.35 bits per heavy atom. The maximum Gasteiger partial charge on any atom is 0.159 e. The number of halogens is 2. The number of benzene rings is 1. The highest BCUT2D eigenvalue weighted by Gasteiger charge is 2.31. The molecule has 0 radical (unpaired) electrons. The van der Waals surface area contributed by atoms with Gasteiger partial charge in [0.25, 0.3) is 0 Å². The third kappa shape index (κ3) is 2.83. The van der Waals surface area contributed by atoms with Crippen LogP contribution in [0.15, 0.2) is 18.2 Å². The van der Waals surface area contributed by atoms with Crippen LogP contribution in [0.2, 0.25) is 0 Å². The van der Waals surface area contributed by atoms with Gasteiger partial charge in [0.05, 0.1) is 0 Å². The van der Waals surface area contributed by atoms with Crippen molar-refractivity contribution in [3.05, 3.63) is 35.4 Å². The number of aliphatic hydroxyl groups is 1. The van der Waals surface area contributed by atoms with Crippen molar-refractivity contribution < 1.29 is 13.9 Å². The number of hydrogen-bond donors (Lipinski definition) is 1. The molecule has 0 bridgehead atoms. The summed E-state index contributed by atoms with van der Waals surface area (Å²) in [5.41, 5.74) is 0.655. The minimum Gasteiger partial charge on any atom is -0.396 e. The molecule has 1 aliphatic carbocycles. The minimum atomic E-state index is -0.810. The van der Waals surface area contributed by atoms with Crippen LogP contribution in [0.5, 0.6) is 0 Å². The molecule has 1 fully saturated rings. The SMILES string of the molecule is OCC1(Cc2ccc(F)c(F)c2)CCCCC1. The quantitative estimate of drug-likeness (QED) is 0.858. The van der Waals surface area contributed by atoms with Crippen LogP contribution in [0, 0.1) is 17.0 Å². The minimum absolute atomic E-state index is 0.123. The van der Waals surface area contributed by atoms with Gasteiger partial charge in [-0.05, 0) is 42.4 Å². The first-order chi connectivity index (χ1) is 8.15. The summed E-state index contributed by atoms with van der Waals surface area (Å²) >= 11 is 0. The molecule has 0 atom stereocenters. The highest BCUT2D eigenvalue weighted by Crippen LogP contribution is 2.38. The maximum atomic E-state index is 13.1. The van der Waals surface area contributed by atoms with Crippen molar-refractivity contribution in [2.24, 2.45) is 5.41 Å². The summed E-state index contributed by atoms with van der Waals surface area (Å²) in [7, 11) is 0. The van der Waals surface area contributed by atoms with Gasteiger partial charge in [-0.1, -0.05) is 25.3 Å². The van der Waals surface area contributed by atoms with Crippen molar-refractivity contribution in [1.29, 1.82) is 0 Å². The van der Waals surface area contributed by atoms with E-state index in [-0.39, 0.29) is 12.0 Å². The van der Waals surface area contributed by atoms with E-state index in [0.29, 0.717) is 6.42 Å². The Kier molecular flexibility index (Phi) is 3.77. The Morgan fingerprint density at radius 1 is 1.06 bits per heavy atom. The monoisotopic (exact) mass is 240 g/mol. The van der Waals surface area contributed by atoms with Crippen LogP contribution in [0.4, 0.5) is 8.78 Å². The zero-order valence-electron chi connectivity index (χ0n) is 9.88. The van der Waals surface area contributed by atoms with E-state index in [1.807, 2.05) is 0 Å². The fraction of sp³-hybridized carbons (Fsp3) is 0.571. The molecule has 1 N–H and O–H groups in total. The first-order valence-electron chi connectivity index (χ1n) is 6.20. The Labute approximate surface area is 100 Å². The van der Waals surface area contributed by atoms with Crippen LogP contribution >= 0.6 is 0 Å². The summed E-state index contributed by atoms with van der Waals surface area (Å²) in [6, 6.07) is 4.03. The molecule has 94 valence electrons. The van der Waals surface area contributed by atoms with E-state index < -0.39 is 11.6 Å². The van der Waals surface area contributed by atoms with Gasteiger partial charge in [-0.25, -0.2) is 8.78 Å². The third-order valence-corrected chi connectivity index (χ3v) is 3.81. The van der Waals surface area contributed by atoms with E-state index in [1.54, 1.807) is 6.07 Å². The largest absolute Gasteiger partial charge is 0.396 e. The molecule has 0 aromatic heterocycles. The summed E-state index contributed by atoms with van der Waals surface area (Å²) in [6.45, 7) is 0.131. The van der Waals surface area contributed by atoms with E-state index in [4.69, 9.17) is 0 Å². The van der Waals surface area contributed by atoms with Gasteiger partial charge >= 0.3 is 0 Å². The van der Waals surface area contributed by atoms with E-state index in [1.165, 1.54) is 18.6 Å². The topological polar surface area (TPSA) is 20.2 Å². The predicted molar refractivity (Wildman–Crippen MR) is 62.7 cm³/mol. The summed E-state index contributed by atoms with van der Waals surface area (Å²) in [6.07, 6.45) is 6.03. The van der Waals surface area contributed by atoms with Gasteiger partial charge in [0.2, 0.25) is 0 Å². The average Bonchev–Trinajstić information content (AvgIpc) is 2.35. The lowest BCUT2D eigenvalue weighted by atomic mass is 9.71. The van der Waals surface area contributed by atoms with Crippen LogP contribution < -0.4 is 0 Å². The Morgan fingerprint density at radius 2 is 1.76 bits per heavy atom. The second-order valence-electron chi connectivity index (χ2n) is 5.14. The Balaban J connectivity index is 2.14. The van der Waals surface area contributed by atoms with Crippen LogP contribution in [0.25, 0.3) is 0 Å². The lowest BCUT2D eigenvalue weighted by molar-refractivity contribution is 0.0822. The fourth-order valence-corrected chi connectivity index (χ4v) is 2.78. The highest BCUT2D eigenvalue weighted by molar-refractivity contribution is 5.19. The molecule has 17 heavy (non-hydrogen) atoms. The van der Waals surface area contributed by atoms with Crippen molar-refractivity contribution >= 4 is 0 Å². The number of rotatable bonds is 3. The maximum absolute atomic E-state index is 13.1. The van der Waals surface area contributed by atoms with Gasteiger partial charge in [0, 0.05) is 6.61 Å². The first-order valence-corrected chi connectivity index (χ1v) is 6.20. The normalized spacial score (nSPS) is 19.2. The number of aliphatic hydroxyl groups excluding tert-OH is 1. The molecule has 1 aromatic carbocycles. The van der Waals surface area contributed by atoms with Crippen LogP contribution in [0.1, 0.15) is 37.7 Å². The van der Waals surface area contributed by atoms with Crippen molar-refractivity contribution in [2.75, 3.05) is 6.61 Å². The molecule has 0 spiro atoms. The molecule has 3 heteroatoms. The van der Waals surface area contributed by atoms with Gasteiger partial charge in [-0.15, -0.1) is 0 Å². The van der Waals surface area contributed by atoms with Gasteiger partial charge in [-0.3, -0.25) is 0 Å². The molecule has 2 rings (SSSR count). The number of hydrogen-bond acceptors (Lipinski definition) is 1. The van der Waals surface area contributed by atoms with Crippen molar-refractivity contribution in [3.63, 3.8) is 0 Å². The van der Waals surface area contributed by atoms with Crippen LogP contribution in [-0.4, -0.2) is 11.7 Å². The summed E-state index contributed by atoms with van der Waals surface area (Å²) in [5.74, 6) is -1.61. The molecule has 1 saturated carbocycles. The molecule has 0 unspecified atom stereocenters. The molecular formula is C14H18F2O. The first kappa shape index (κ1) is 12.5. The lowest BCUT2D eigenvalue weighted by Gasteiger charge is -2.35. The average molecular weight is 240 g/mol. The zero-order valence-corrected chi connectivity index (χ0v) is 9.88. The molecule has 0 heterocycles. The van der Waals surface area contributed by atoms with Gasteiger partial charge in [-0.2, -0.15) is 0 Å². The van der Waals surface area contributed by atoms with Gasteiger partial charge in [0.1, 0.15) is 0 Å². The van der Waals surface area contributed by atoms with Crippen LogP contribution in [-0.2, 0) is 6.42 Å². The second-order valence-corrected chi connectivity index (χ2v) is 5.14. The molecular weight excluding hydrogens is 222 g/mol. The second kappa shape index (κ2) is 5.13. The third-order valence-electron chi connectivity index (χ3n) is 3.81. The molecule has 1 aliphatic rings. The predicted octanol–water partition coefficient (Wildman–Crippen LogP) is 3.45.